The molecule has 0 saturated heterocycles. The van der Waals surface area contributed by atoms with Crippen LogP contribution in [0.25, 0.3) is 0 Å². The van der Waals surface area contributed by atoms with Crippen molar-refractivity contribution in [3.63, 3.8) is 0 Å². The Labute approximate surface area is 431 Å². The van der Waals surface area contributed by atoms with Crippen LogP contribution in [-0.2, 0) is 152 Å². The van der Waals surface area contributed by atoms with Crippen molar-refractivity contribution in [2.45, 2.75) is 150 Å². The van der Waals surface area contributed by atoms with Crippen LogP contribution >= 0.6 is 34.4 Å². The Morgan fingerprint density at radius 3 is 1.30 bits per heavy atom. The third kappa shape index (κ3) is 36.6. The predicted octanol–water partition coefficient (Wildman–Crippen LogP) is 9.85. The first-order chi connectivity index (χ1) is 26.3. The highest BCUT2D eigenvalue weighted by molar-refractivity contribution is 8.75. The molecule has 11 nitrogen and oxygen atoms in total. The summed E-state index contributed by atoms with van der Waals surface area (Å²) in [5.74, 6) is -2.29. The third-order valence-corrected chi connectivity index (χ3v) is 32.0. The Morgan fingerprint density at radius 1 is 0.651 bits per heavy atom. The van der Waals surface area contributed by atoms with Crippen LogP contribution in [0, 0.1) is 10.8 Å². The van der Waals surface area contributed by atoms with Crippen molar-refractivity contribution < 1.29 is 39.0 Å². The van der Waals surface area contributed by atoms with E-state index in [1.165, 1.54) is 57.6 Å². The van der Waals surface area contributed by atoms with E-state index in [1.807, 2.05) is 41.5 Å². The number of aryl methyl sites for hydroxylation is 1. The Balaban J connectivity index is -0.000000131. The molecule has 3 N–H and O–H groups in total. The van der Waals surface area contributed by atoms with E-state index in [-0.39, 0.29) is 121 Å². The lowest BCUT2D eigenvalue weighted by Gasteiger charge is -2.16. The van der Waals surface area contributed by atoms with Crippen molar-refractivity contribution in [1.82, 2.24) is 15.3 Å². The molecule has 63 heavy (non-hydrogen) atoms. The topological polar surface area (TPSA) is 181 Å². The number of hydrogen-bond donors (Lipinski definition) is 3. The summed E-state index contributed by atoms with van der Waals surface area (Å²) in [5, 5.41) is 24.1. The first-order valence-electron chi connectivity index (χ1n) is 15.8. The number of ketones is 2. The molecule has 4 rings (SSSR count). The van der Waals surface area contributed by atoms with Gasteiger partial charge in [0.05, 0.1) is 24.4 Å². The molecule has 2 heterocycles. The number of amides is 1. The maximum atomic E-state index is 11.7. The average Bonchev–Trinajstić information content (AvgIpc) is 3.91. The molecule has 2 aliphatic carbocycles. The largest absolute Gasteiger partial charge is 0.476 e. The first-order valence-corrected chi connectivity index (χ1v) is 34.4. The van der Waals surface area contributed by atoms with Gasteiger partial charge in [-0.15, -0.1) is 22.7 Å². The zero-order chi connectivity index (χ0) is 42.4. The lowest BCUT2D eigenvalue weighted by Crippen LogP contribution is -2.27. The molecule has 0 spiro atoms. The van der Waals surface area contributed by atoms with E-state index in [2.05, 4.69) is 15.3 Å². The SMILES string of the molecule is C.C.C.C.C.C.C.CC(C)(C)SC(=O)CC(=O)C1(C)CC1.CC1(C(=O)CC(=O)NCc2nc(C(=O)O)cs2)CC1.CCc1nc(C(=O)O)cs1.S=S=S=S=S=S=S=S=S=S=S=S=S. The highest BCUT2D eigenvalue weighted by Gasteiger charge is 2.45. The summed E-state index contributed by atoms with van der Waals surface area (Å²) in [6.45, 7) is 11.9. The van der Waals surface area contributed by atoms with Gasteiger partial charge < -0.3 is 15.5 Å². The number of thiazole rings is 2. The van der Waals surface area contributed by atoms with Crippen LogP contribution in [0.4, 0.5) is 0 Å². The molecule has 2 fully saturated rings. The van der Waals surface area contributed by atoms with Gasteiger partial charge in [0.2, 0.25) is 5.91 Å². The van der Waals surface area contributed by atoms with E-state index in [0.29, 0.717) is 5.01 Å². The van der Waals surface area contributed by atoms with E-state index in [4.69, 9.17) is 32.6 Å². The number of hydrogen-bond acceptors (Lipinski definition) is 13. The fourth-order valence-corrected chi connectivity index (χ4v) is 30.4. The minimum absolute atomic E-state index is 0. The lowest BCUT2D eigenvalue weighted by atomic mass is 10.0. The van der Waals surface area contributed by atoms with Crippen molar-refractivity contribution in [3.05, 3.63) is 32.2 Å². The number of thioether (sulfide) groups is 1. The van der Waals surface area contributed by atoms with Crippen LogP contribution in [0.5, 0.6) is 0 Å². The number of carboxylic acids is 2. The van der Waals surface area contributed by atoms with Crippen LogP contribution in [0.1, 0.15) is 163 Å². The number of rotatable bonds is 11. The highest BCUT2D eigenvalue weighted by atomic mass is 33.5. The normalized spacial score (nSPS) is 12.0. The van der Waals surface area contributed by atoms with E-state index in [9.17, 15) is 28.8 Å². The second-order valence-electron chi connectivity index (χ2n) is 12.6. The van der Waals surface area contributed by atoms with Gasteiger partial charge in [-0.25, -0.2) is 19.6 Å². The lowest BCUT2D eigenvalue weighted by molar-refractivity contribution is -0.131. The molecule has 0 aliphatic heterocycles. The second-order valence-corrected chi connectivity index (χ2v) is 35.9. The fraction of sp³-hybridized carbons (Fsp3) is 0.667. The number of aromatic nitrogens is 2. The minimum Gasteiger partial charge on any atom is -0.476 e. The zero-order valence-corrected chi connectivity index (χ0v) is 43.6. The van der Waals surface area contributed by atoms with Crippen molar-refractivity contribution in [3.8, 4) is 0 Å². The van der Waals surface area contributed by atoms with E-state index in [1.54, 1.807) is 85.3 Å². The number of nitrogens with one attached hydrogen (secondary N) is 1. The smallest absolute Gasteiger partial charge is 0.355 e. The summed E-state index contributed by atoms with van der Waals surface area (Å²) in [7, 11) is 18.1. The van der Waals surface area contributed by atoms with Crippen LogP contribution in [-0.4, -0.2) is 59.5 Å². The summed E-state index contributed by atoms with van der Waals surface area (Å²) in [4.78, 5) is 74.9. The van der Waals surface area contributed by atoms with Gasteiger partial charge in [-0.05, 0) is 32.1 Å². The standard InChI is InChI=1S/C12H14N2O4S.C11H18O2S.C6H7NO2S.7CH4.S13/c1-12(2-3-12)8(15)4-9(16)13-5-10-14-7(6-19-10)11(17)18;1-10(2,3)14-9(13)7-8(12)11(4)5-6-11;1-2-5-7-4(3-10-5)6(8)9;;;;;;;;1-3-5-7-9-11-13-12-10-8-6-4-2/h6H,2-5H2,1H3,(H,13,16)(H,17,18);5-7H2,1-4H3;3H,2H2,1H3,(H,8,9);7*1H4;. The fourth-order valence-electron chi connectivity index (χ4n) is 3.41. The number of carbonyl (C=O) groups excluding carboxylic acids is 4. The molecule has 0 atom stereocenters. The molecule has 370 valence electrons. The van der Waals surface area contributed by atoms with Crippen molar-refractivity contribution in [2.75, 3.05) is 0 Å². The Kier molecular flexibility index (Phi) is 50.1. The molecule has 27 heteroatoms. The Hall–Kier alpha value is -0.110. The summed E-state index contributed by atoms with van der Waals surface area (Å²) >= 11 is 13.2. The molecule has 0 bridgehead atoms. The quantitative estimate of drug-likeness (QED) is 0.181. The molecule has 0 aromatic carbocycles. The molecule has 1 amide bonds. The van der Waals surface area contributed by atoms with Crippen molar-refractivity contribution in [1.29, 1.82) is 0 Å². The van der Waals surface area contributed by atoms with Crippen molar-refractivity contribution in [2.24, 2.45) is 10.8 Å². The average molecular weight is 1180 g/mol. The van der Waals surface area contributed by atoms with Crippen LogP contribution < -0.4 is 5.32 Å². The van der Waals surface area contributed by atoms with Crippen molar-refractivity contribution >= 4 is 189 Å². The van der Waals surface area contributed by atoms with Gasteiger partial charge in [0.1, 0.15) is 16.6 Å². The van der Waals surface area contributed by atoms with Gasteiger partial charge in [0, 0.05) is 146 Å². The van der Waals surface area contributed by atoms with Crippen LogP contribution in [0.15, 0.2) is 10.8 Å². The Morgan fingerprint density at radius 2 is 1.00 bits per heavy atom. The molecular formula is C36H67N3O8S16. The van der Waals surface area contributed by atoms with Crippen LogP contribution in [0.2, 0.25) is 0 Å². The zero-order valence-electron chi connectivity index (χ0n) is 30.6. The summed E-state index contributed by atoms with van der Waals surface area (Å²) in [6, 6.07) is 0. The van der Waals surface area contributed by atoms with E-state index in [0.717, 1.165) is 37.1 Å². The number of carbonyl (C=O) groups is 6. The van der Waals surface area contributed by atoms with Gasteiger partial charge >= 0.3 is 11.9 Å². The summed E-state index contributed by atoms with van der Waals surface area (Å²) in [5.41, 5.74) is -0.332. The van der Waals surface area contributed by atoms with Crippen LogP contribution in [0.3, 0.4) is 0 Å². The predicted molar refractivity (Wildman–Crippen MR) is 309 cm³/mol. The summed E-state index contributed by atoms with van der Waals surface area (Å²) in [6.07, 6.45) is 4.42. The number of Topliss-reactive ketones (excluding diaryl/α,β-unsaturated/α-hetero) is 2. The first kappa shape index (κ1) is 77.1. The van der Waals surface area contributed by atoms with E-state index >= 15 is 0 Å². The molecule has 2 aromatic rings. The molecule has 2 aliphatic rings. The second kappa shape index (κ2) is 40.9. The minimum atomic E-state index is -1.09. The third-order valence-electron chi connectivity index (χ3n) is 6.95. The van der Waals surface area contributed by atoms with E-state index < -0.39 is 11.9 Å². The number of carboxylic acid groups (broad SMARTS) is 2. The number of aromatic carboxylic acids is 2. The molecular weight excluding hydrogens is 1120 g/mol. The summed E-state index contributed by atoms with van der Waals surface area (Å²) < 4.78 is -0.0815. The molecule has 2 saturated carbocycles. The van der Waals surface area contributed by atoms with Gasteiger partial charge in [-0.2, -0.15) is 0 Å². The van der Waals surface area contributed by atoms with Gasteiger partial charge in [0.15, 0.2) is 16.5 Å². The maximum absolute atomic E-state index is 11.7. The molecule has 0 unspecified atom stereocenters. The van der Waals surface area contributed by atoms with Gasteiger partial charge in [-0.3, -0.25) is 19.2 Å². The maximum Gasteiger partial charge on any atom is 0.355 e. The monoisotopic (exact) mass is 1180 g/mol. The molecule has 2 aromatic heterocycles. The number of nitrogens with zero attached hydrogens (tertiary/aromatic N) is 2. The Bertz CT molecular complexity index is 2200. The molecule has 0 radical (unpaired) electrons. The van der Waals surface area contributed by atoms with Gasteiger partial charge in [0.25, 0.3) is 0 Å². The van der Waals surface area contributed by atoms with Gasteiger partial charge in [-0.1, -0.05) is 105 Å². The highest BCUT2D eigenvalue weighted by Crippen LogP contribution is 2.47.